The van der Waals surface area contributed by atoms with Gasteiger partial charge >= 0.3 is 5.97 Å². The minimum Gasteiger partial charge on any atom is -0.496 e. The number of benzene rings is 2. The second-order valence-electron chi connectivity index (χ2n) is 4.40. The Labute approximate surface area is 128 Å². The first-order valence-corrected chi connectivity index (χ1v) is 6.42. The van der Waals surface area contributed by atoms with E-state index in [1.165, 1.54) is 28.4 Å². The van der Waals surface area contributed by atoms with Gasteiger partial charge in [-0.2, -0.15) is 0 Å². The van der Waals surface area contributed by atoms with E-state index in [-0.39, 0.29) is 5.56 Å². The van der Waals surface area contributed by atoms with Crippen LogP contribution >= 0.6 is 0 Å². The Bertz CT molecular complexity index is 771. The smallest absolute Gasteiger partial charge is 0.345 e. The summed E-state index contributed by atoms with van der Waals surface area (Å²) < 4.78 is 20.8. The molecule has 0 radical (unpaired) electrons. The van der Waals surface area contributed by atoms with Crippen molar-refractivity contribution in [1.29, 1.82) is 0 Å². The molecule has 5 nitrogen and oxygen atoms in total. The Morgan fingerprint density at radius 3 is 2.18 bits per heavy atom. The molecular weight excluding hydrogens is 284 g/mol. The highest BCUT2D eigenvalue weighted by Crippen LogP contribution is 2.40. The lowest BCUT2D eigenvalue weighted by atomic mass is 10.0. The highest BCUT2D eigenvalue weighted by atomic mass is 16.5. The molecule has 0 saturated heterocycles. The summed E-state index contributed by atoms with van der Waals surface area (Å²) in [6.07, 6.45) is 5.49. The fourth-order valence-corrected chi connectivity index (χ4v) is 2.32. The topological polar surface area (TPSA) is 54.0 Å². The zero-order valence-corrected chi connectivity index (χ0v) is 12.9. The van der Waals surface area contributed by atoms with Crippen LogP contribution in [0.5, 0.6) is 17.2 Å². The molecule has 0 N–H and O–H groups in total. The van der Waals surface area contributed by atoms with Gasteiger partial charge in [-0.05, 0) is 23.6 Å². The molecule has 0 atom stereocenters. The lowest BCUT2D eigenvalue weighted by molar-refractivity contribution is 0.0593. The lowest BCUT2D eigenvalue weighted by Crippen LogP contribution is -2.07. The highest BCUT2D eigenvalue weighted by Gasteiger charge is 2.23. The van der Waals surface area contributed by atoms with Crippen molar-refractivity contribution in [2.45, 2.75) is 0 Å². The average Bonchev–Trinajstić information content (AvgIpc) is 2.57. The predicted octanol–water partition coefficient (Wildman–Crippen LogP) is 2.63. The molecule has 0 aliphatic heterocycles. The molecule has 0 fully saturated rings. The van der Waals surface area contributed by atoms with Crippen LogP contribution in [0.15, 0.2) is 18.2 Å². The Morgan fingerprint density at radius 2 is 1.68 bits per heavy atom. The Morgan fingerprint density at radius 1 is 1.00 bits per heavy atom. The number of rotatable bonds is 4. The van der Waals surface area contributed by atoms with E-state index in [4.69, 9.17) is 25.4 Å². The van der Waals surface area contributed by atoms with E-state index < -0.39 is 5.97 Å². The van der Waals surface area contributed by atoms with Crippen LogP contribution in [0, 0.1) is 12.3 Å². The first kappa shape index (κ1) is 15.5. The summed E-state index contributed by atoms with van der Waals surface area (Å²) in [5.41, 5.74) is 0.820. The number of esters is 1. The van der Waals surface area contributed by atoms with Crippen LogP contribution in [-0.4, -0.2) is 34.4 Å². The zero-order valence-electron chi connectivity index (χ0n) is 12.9. The average molecular weight is 300 g/mol. The third-order valence-corrected chi connectivity index (χ3v) is 3.35. The summed E-state index contributed by atoms with van der Waals surface area (Å²) in [4.78, 5) is 12.0. The molecule has 0 aliphatic carbocycles. The minimum absolute atomic E-state index is 0.218. The highest BCUT2D eigenvalue weighted by molar-refractivity contribution is 6.05. The maximum absolute atomic E-state index is 12.0. The van der Waals surface area contributed by atoms with E-state index in [0.29, 0.717) is 28.2 Å². The van der Waals surface area contributed by atoms with Crippen LogP contribution in [-0.2, 0) is 4.74 Å². The van der Waals surface area contributed by atoms with E-state index >= 15 is 0 Å². The summed E-state index contributed by atoms with van der Waals surface area (Å²) in [5, 5.41) is 1.45. The molecule has 0 aromatic heterocycles. The van der Waals surface area contributed by atoms with Gasteiger partial charge in [-0.25, -0.2) is 4.79 Å². The number of ether oxygens (including phenoxy) is 4. The van der Waals surface area contributed by atoms with Gasteiger partial charge in [-0.15, -0.1) is 6.42 Å². The molecule has 114 valence electrons. The van der Waals surface area contributed by atoms with Gasteiger partial charge in [0.05, 0.1) is 34.0 Å². The van der Waals surface area contributed by atoms with E-state index in [2.05, 4.69) is 5.92 Å². The summed E-state index contributed by atoms with van der Waals surface area (Å²) in [7, 11) is 5.77. The van der Waals surface area contributed by atoms with Gasteiger partial charge in [0.15, 0.2) is 0 Å². The first-order valence-electron chi connectivity index (χ1n) is 6.42. The summed E-state index contributed by atoms with van der Waals surface area (Å²) in [5.74, 6) is 3.24. The van der Waals surface area contributed by atoms with Gasteiger partial charge in [-0.3, -0.25) is 0 Å². The second-order valence-corrected chi connectivity index (χ2v) is 4.40. The number of terminal acetylenes is 1. The largest absolute Gasteiger partial charge is 0.496 e. The fraction of sp³-hybridized carbons (Fsp3) is 0.235. The zero-order chi connectivity index (χ0) is 16.3. The monoisotopic (exact) mass is 300 g/mol. The van der Waals surface area contributed by atoms with Crippen molar-refractivity contribution in [2.75, 3.05) is 28.4 Å². The summed E-state index contributed by atoms with van der Waals surface area (Å²) >= 11 is 0. The first-order chi connectivity index (χ1) is 10.6. The number of fused-ring (bicyclic) bond motifs is 1. The SMILES string of the molecule is C#Cc1cc2cc(OC)c(C(=O)OC)c(OC)c2cc1OC. The third-order valence-electron chi connectivity index (χ3n) is 3.35. The van der Waals surface area contributed by atoms with Gasteiger partial charge in [0.25, 0.3) is 0 Å². The van der Waals surface area contributed by atoms with Gasteiger partial charge in [0.2, 0.25) is 0 Å². The number of carbonyl (C=O) groups excluding carboxylic acids is 1. The molecule has 0 heterocycles. The number of hydrogen-bond acceptors (Lipinski definition) is 5. The van der Waals surface area contributed by atoms with E-state index in [1.54, 1.807) is 18.2 Å². The van der Waals surface area contributed by atoms with Gasteiger partial charge in [0, 0.05) is 5.39 Å². The standard InChI is InChI=1S/C17H16O5/c1-6-10-7-11-8-14(20-3)15(17(18)22-5)16(21-4)12(11)9-13(10)19-2/h1,7-9H,2-5H3. The van der Waals surface area contributed by atoms with Crippen LogP contribution in [0.4, 0.5) is 0 Å². The van der Waals surface area contributed by atoms with Gasteiger partial charge < -0.3 is 18.9 Å². The fourth-order valence-electron chi connectivity index (χ4n) is 2.32. The normalized spacial score (nSPS) is 9.95. The molecule has 2 rings (SSSR count). The van der Waals surface area contributed by atoms with Crippen LogP contribution < -0.4 is 14.2 Å². The molecule has 5 heteroatoms. The molecule has 0 bridgehead atoms. The van der Waals surface area contributed by atoms with Crippen LogP contribution in [0.25, 0.3) is 10.8 Å². The van der Waals surface area contributed by atoms with Crippen molar-refractivity contribution in [3.8, 4) is 29.6 Å². The van der Waals surface area contributed by atoms with Crippen molar-refractivity contribution in [2.24, 2.45) is 0 Å². The van der Waals surface area contributed by atoms with Crippen molar-refractivity contribution >= 4 is 16.7 Å². The van der Waals surface area contributed by atoms with E-state index in [1.807, 2.05) is 0 Å². The molecule has 0 saturated carbocycles. The van der Waals surface area contributed by atoms with Crippen LogP contribution in [0.3, 0.4) is 0 Å². The third kappa shape index (κ3) is 2.40. The number of hydrogen-bond donors (Lipinski definition) is 0. The second kappa shape index (κ2) is 6.27. The summed E-state index contributed by atoms with van der Waals surface area (Å²) in [6, 6.07) is 5.22. The quantitative estimate of drug-likeness (QED) is 0.642. The molecule has 0 spiro atoms. The van der Waals surface area contributed by atoms with E-state index in [9.17, 15) is 4.79 Å². The molecule has 0 aliphatic rings. The van der Waals surface area contributed by atoms with Crippen molar-refractivity contribution < 1.29 is 23.7 Å². The van der Waals surface area contributed by atoms with Gasteiger partial charge in [0.1, 0.15) is 22.8 Å². The summed E-state index contributed by atoms with van der Waals surface area (Å²) in [6.45, 7) is 0. The Hall–Kier alpha value is -2.87. The van der Waals surface area contributed by atoms with Crippen LogP contribution in [0.1, 0.15) is 15.9 Å². The van der Waals surface area contributed by atoms with E-state index in [0.717, 1.165) is 5.39 Å². The Balaban J connectivity index is 2.92. The molecule has 22 heavy (non-hydrogen) atoms. The number of carbonyl (C=O) groups is 1. The molecular formula is C17H16O5. The van der Waals surface area contributed by atoms with Crippen LogP contribution in [0.2, 0.25) is 0 Å². The predicted molar refractivity (Wildman–Crippen MR) is 82.9 cm³/mol. The van der Waals surface area contributed by atoms with Crippen molar-refractivity contribution in [1.82, 2.24) is 0 Å². The maximum Gasteiger partial charge on any atom is 0.345 e. The van der Waals surface area contributed by atoms with Gasteiger partial charge in [-0.1, -0.05) is 5.92 Å². The molecule has 2 aromatic carbocycles. The minimum atomic E-state index is -0.546. The molecule has 0 amide bonds. The molecule has 2 aromatic rings. The maximum atomic E-state index is 12.0. The van der Waals surface area contributed by atoms with Crippen molar-refractivity contribution in [3.63, 3.8) is 0 Å². The Kier molecular flexibility index (Phi) is 4.42. The lowest BCUT2D eigenvalue weighted by Gasteiger charge is -2.16. The van der Waals surface area contributed by atoms with Crippen molar-refractivity contribution in [3.05, 3.63) is 29.3 Å². The molecule has 0 unspecified atom stereocenters. The number of methoxy groups -OCH3 is 4.